The van der Waals surface area contributed by atoms with Crippen LogP contribution in [-0.2, 0) is 21.4 Å². The Labute approximate surface area is 171 Å². The van der Waals surface area contributed by atoms with Crippen molar-refractivity contribution in [3.8, 4) is 5.75 Å². The van der Waals surface area contributed by atoms with Crippen LogP contribution in [0.15, 0.2) is 76.4 Å². The Hall–Kier alpha value is -2.65. The molecule has 0 aliphatic heterocycles. The van der Waals surface area contributed by atoms with Gasteiger partial charge in [-0.25, -0.2) is 13.1 Å². The van der Waals surface area contributed by atoms with E-state index in [1.165, 1.54) is 23.0 Å². The van der Waals surface area contributed by atoms with Crippen molar-refractivity contribution in [2.75, 3.05) is 11.1 Å². The van der Waals surface area contributed by atoms with E-state index in [4.69, 9.17) is 4.74 Å². The number of nitrogens with zero attached hydrogens (tertiary/aromatic N) is 2. The number of benzene rings is 2. The van der Waals surface area contributed by atoms with Crippen LogP contribution < -0.4 is 10.1 Å². The van der Waals surface area contributed by atoms with Gasteiger partial charge >= 0.3 is 0 Å². The highest BCUT2D eigenvalue weighted by Crippen LogP contribution is 2.17. The molecule has 7 nitrogen and oxygen atoms in total. The van der Waals surface area contributed by atoms with Gasteiger partial charge in [0.25, 0.3) is 0 Å². The number of carbonyl (C=O) groups excluding carboxylic acids is 1. The number of hydrogen-bond donors (Lipinski definition) is 1. The standard InChI is InChI=1S/C19H18BrN3O4S/c20-15-6-8-17(9-7-15)27-14-23-13-16(12-21-23)22-19(24)10-11-28(25,26)18-4-2-1-3-5-18/h1-9,12-13H,10-11,14H2,(H,22,24). The molecule has 1 N–H and O–H groups in total. The van der Waals surface area contributed by atoms with Crippen LogP contribution in [0.2, 0.25) is 0 Å². The van der Waals surface area contributed by atoms with E-state index in [1.807, 2.05) is 24.3 Å². The monoisotopic (exact) mass is 463 g/mol. The molecule has 0 bridgehead atoms. The summed E-state index contributed by atoms with van der Waals surface area (Å²) in [6, 6.07) is 15.5. The van der Waals surface area contributed by atoms with E-state index in [0.717, 1.165) is 4.47 Å². The SMILES string of the molecule is O=C(CCS(=O)(=O)c1ccccc1)Nc1cnn(COc2ccc(Br)cc2)c1. The highest BCUT2D eigenvalue weighted by atomic mass is 79.9. The normalized spacial score (nSPS) is 11.2. The summed E-state index contributed by atoms with van der Waals surface area (Å²) in [4.78, 5) is 12.3. The van der Waals surface area contributed by atoms with Gasteiger partial charge in [-0.15, -0.1) is 0 Å². The number of anilines is 1. The molecule has 1 amide bonds. The van der Waals surface area contributed by atoms with Gasteiger partial charge in [-0.2, -0.15) is 5.10 Å². The summed E-state index contributed by atoms with van der Waals surface area (Å²) >= 11 is 3.35. The molecule has 0 atom stereocenters. The lowest BCUT2D eigenvalue weighted by atomic mass is 10.3. The zero-order valence-electron chi connectivity index (χ0n) is 14.8. The lowest BCUT2D eigenvalue weighted by Crippen LogP contribution is -2.17. The maximum Gasteiger partial charge on any atom is 0.225 e. The molecule has 0 fully saturated rings. The predicted octanol–water partition coefficient (Wildman–Crippen LogP) is 3.48. The second kappa shape index (κ2) is 9.03. The van der Waals surface area contributed by atoms with Crippen molar-refractivity contribution >= 4 is 37.4 Å². The lowest BCUT2D eigenvalue weighted by Gasteiger charge is -2.06. The van der Waals surface area contributed by atoms with Crippen LogP contribution in [0.25, 0.3) is 0 Å². The Kier molecular flexibility index (Phi) is 6.48. The molecule has 0 saturated carbocycles. The van der Waals surface area contributed by atoms with Crippen molar-refractivity contribution in [2.24, 2.45) is 0 Å². The summed E-state index contributed by atoms with van der Waals surface area (Å²) in [7, 11) is -3.49. The van der Waals surface area contributed by atoms with Gasteiger partial charge in [0.2, 0.25) is 5.91 Å². The van der Waals surface area contributed by atoms with Crippen LogP contribution >= 0.6 is 15.9 Å². The molecule has 1 aromatic heterocycles. The molecule has 9 heteroatoms. The maximum atomic E-state index is 12.2. The van der Waals surface area contributed by atoms with Crippen molar-refractivity contribution in [2.45, 2.75) is 18.0 Å². The topological polar surface area (TPSA) is 90.3 Å². The summed E-state index contributed by atoms with van der Waals surface area (Å²) in [5.41, 5.74) is 0.474. The van der Waals surface area contributed by atoms with Gasteiger partial charge < -0.3 is 10.1 Å². The van der Waals surface area contributed by atoms with Crippen LogP contribution in [0.5, 0.6) is 5.75 Å². The smallest absolute Gasteiger partial charge is 0.225 e. The van der Waals surface area contributed by atoms with Crippen LogP contribution in [0.3, 0.4) is 0 Å². The third-order valence-electron chi connectivity index (χ3n) is 3.79. The first kappa shape index (κ1) is 20.1. The number of hydrogen-bond acceptors (Lipinski definition) is 5. The minimum absolute atomic E-state index is 0.141. The number of carbonyl (C=O) groups is 1. The second-order valence-electron chi connectivity index (χ2n) is 5.93. The van der Waals surface area contributed by atoms with Crippen LogP contribution in [0.1, 0.15) is 6.42 Å². The fourth-order valence-electron chi connectivity index (χ4n) is 2.37. The second-order valence-corrected chi connectivity index (χ2v) is 8.95. The first-order chi connectivity index (χ1) is 13.4. The summed E-state index contributed by atoms with van der Waals surface area (Å²) < 4.78 is 32.5. The van der Waals surface area contributed by atoms with Crippen molar-refractivity contribution in [1.82, 2.24) is 9.78 Å². The molecule has 0 aliphatic rings. The van der Waals surface area contributed by atoms with E-state index in [2.05, 4.69) is 26.3 Å². The first-order valence-corrected chi connectivity index (χ1v) is 10.9. The van der Waals surface area contributed by atoms with Crippen LogP contribution in [0.4, 0.5) is 5.69 Å². The molecule has 0 saturated heterocycles. The molecular weight excluding hydrogens is 446 g/mol. The average molecular weight is 464 g/mol. The largest absolute Gasteiger partial charge is 0.471 e. The van der Waals surface area contributed by atoms with Gasteiger partial charge in [-0.1, -0.05) is 34.1 Å². The Morgan fingerprint density at radius 3 is 2.54 bits per heavy atom. The summed E-state index contributed by atoms with van der Waals surface area (Å²) in [5, 5.41) is 6.75. The fourth-order valence-corrected chi connectivity index (χ4v) is 3.89. The molecule has 3 rings (SSSR count). The van der Waals surface area contributed by atoms with Crippen molar-refractivity contribution in [3.63, 3.8) is 0 Å². The Morgan fingerprint density at radius 1 is 1.11 bits per heavy atom. The third-order valence-corrected chi connectivity index (χ3v) is 6.05. The van der Waals surface area contributed by atoms with E-state index in [-0.39, 0.29) is 23.8 Å². The van der Waals surface area contributed by atoms with E-state index in [0.29, 0.717) is 11.4 Å². The van der Waals surface area contributed by atoms with E-state index in [1.54, 1.807) is 24.4 Å². The summed E-state index contributed by atoms with van der Waals surface area (Å²) in [6.45, 7) is 0.180. The predicted molar refractivity (Wildman–Crippen MR) is 109 cm³/mol. The van der Waals surface area contributed by atoms with Gasteiger partial charge in [-0.3, -0.25) is 4.79 Å². The highest BCUT2D eigenvalue weighted by molar-refractivity contribution is 9.10. The maximum absolute atomic E-state index is 12.2. The minimum atomic E-state index is -3.49. The van der Waals surface area contributed by atoms with Gasteiger partial charge in [0.1, 0.15) is 5.75 Å². The molecule has 0 radical (unpaired) electrons. The number of rotatable bonds is 8. The summed E-state index contributed by atoms with van der Waals surface area (Å²) in [5.74, 6) is 0.0345. The Morgan fingerprint density at radius 2 is 1.82 bits per heavy atom. The molecular formula is C19H18BrN3O4S. The van der Waals surface area contributed by atoms with E-state index in [9.17, 15) is 13.2 Å². The van der Waals surface area contributed by atoms with Crippen molar-refractivity contribution < 1.29 is 17.9 Å². The van der Waals surface area contributed by atoms with Crippen LogP contribution in [-0.4, -0.2) is 29.9 Å². The summed E-state index contributed by atoms with van der Waals surface area (Å²) in [6.07, 6.45) is 2.95. The van der Waals surface area contributed by atoms with Gasteiger partial charge in [0.15, 0.2) is 16.6 Å². The Bertz CT molecular complexity index is 1030. The van der Waals surface area contributed by atoms with Gasteiger partial charge in [-0.05, 0) is 36.4 Å². The third kappa shape index (κ3) is 5.67. The van der Waals surface area contributed by atoms with E-state index >= 15 is 0 Å². The van der Waals surface area contributed by atoms with Crippen LogP contribution in [0, 0.1) is 0 Å². The molecule has 28 heavy (non-hydrogen) atoms. The molecule has 146 valence electrons. The number of ether oxygens (including phenoxy) is 1. The zero-order valence-corrected chi connectivity index (χ0v) is 17.2. The molecule has 1 heterocycles. The minimum Gasteiger partial charge on any atom is -0.471 e. The van der Waals surface area contributed by atoms with Crippen molar-refractivity contribution in [3.05, 3.63) is 71.5 Å². The number of nitrogens with one attached hydrogen (secondary N) is 1. The average Bonchev–Trinajstić information content (AvgIpc) is 3.14. The molecule has 2 aromatic carbocycles. The zero-order chi connectivity index (χ0) is 20.0. The van der Waals surface area contributed by atoms with E-state index < -0.39 is 15.7 Å². The Balaban J connectivity index is 1.49. The molecule has 0 unspecified atom stereocenters. The van der Waals surface area contributed by atoms with Gasteiger partial charge in [0.05, 0.1) is 28.7 Å². The number of sulfone groups is 1. The first-order valence-electron chi connectivity index (χ1n) is 8.41. The number of aromatic nitrogens is 2. The molecule has 3 aromatic rings. The quantitative estimate of drug-likeness (QED) is 0.551. The fraction of sp³-hybridized carbons (Fsp3) is 0.158. The molecule has 0 spiro atoms. The molecule has 0 aliphatic carbocycles. The lowest BCUT2D eigenvalue weighted by molar-refractivity contribution is -0.115. The number of amides is 1. The number of halogens is 1. The van der Waals surface area contributed by atoms with Crippen molar-refractivity contribution in [1.29, 1.82) is 0 Å². The van der Waals surface area contributed by atoms with Gasteiger partial charge in [0, 0.05) is 10.9 Å². The highest BCUT2D eigenvalue weighted by Gasteiger charge is 2.16.